The number of rotatable bonds is 8. The first-order valence-electron chi connectivity index (χ1n) is 9.69. The number of Topliss-reactive ketones (excluding diaryl/α,β-unsaturated/α-hetero) is 1. The number of piperazine rings is 1. The highest BCUT2D eigenvalue weighted by molar-refractivity contribution is 6.33. The van der Waals surface area contributed by atoms with E-state index in [0.29, 0.717) is 23.6 Å². The van der Waals surface area contributed by atoms with Gasteiger partial charge in [-0.15, -0.1) is 0 Å². The maximum Gasteiger partial charge on any atom is 0.161 e. The molecule has 1 N–H and O–H groups in total. The number of halogens is 1. The Morgan fingerprint density at radius 3 is 2.52 bits per heavy atom. The topological polar surface area (TPSA) is 62.2 Å². The number of benzene rings is 2. The van der Waals surface area contributed by atoms with Gasteiger partial charge < -0.3 is 19.5 Å². The number of carbonyl (C=O) groups is 1. The summed E-state index contributed by atoms with van der Waals surface area (Å²) in [4.78, 5) is 16.0. The van der Waals surface area contributed by atoms with Gasteiger partial charge in [0.05, 0.1) is 17.8 Å². The van der Waals surface area contributed by atoms with Gasteiger partial charge in [-0.1, -0.05) is 23.7 Å². The van der Waals surface area contributed by atoms with Crippen molar-refractivity contribution in [3.8, 4) is 11.5 Å². The van der Waals surface area contributed by atoms with Crippen LogP contribution >= 0.6 is 11.6 Å². The largest absolute Gasteiger partial charge is 0.493 e. The number of nitrogens with zero attached hydrogens (tertiary/aromatic N) is 2. The molecule has 0 saturated carbocycles. The van der Waals surface area contributed by atoms with Crippen molar-refractivity contribution in [1.29, 1.82) is 0 Å². The SMILES string of the molecule is COc1cc(C(C)=O)ccc1OC[C@@H](O)CN1CCN(c2ccccc2Cl)CC1. The van der Waals surface area contributed by atoms with E-state index in [1.807, 2.05) is 24.3 Å². The lowest BCUT2D eigenvalue weighted by Gasteiger charge is -2.37. The minimum atomic E-state index is -0.626. The highest BCUT2D eigenvalue weighted by Gasteiger charge is 2.21. The number of ketones is 1. The van der Waals surface area contributed by atoms with Gasteiger partial charge in [0, 0.05) is 38.3 Å². The third-order valence-corrected chi connectivity index (χ3v) is 5.36. The number of hydrogen-bond acceptors (Lipinski definition) is 6. The van der Waals surface area contributed by atoms with Gasteiger partial charge in [-0.05, 0) is 37.3 Å². The molecule has 1 fully saturated rings. The lowest BCUT2D eigenvalue weighted by Crippen LogP contribution is -2.49. The lowest BCUT2D eigenvalue weighted by molar-refractivity contribution is 0.0653. The molecule has 0 radical (unpaired) electrons. The quantitative estimate of drug-likeness (QED) is 0.664. The van der Waals surface area contributed by atoms with Gasteiger partial charge in [0.25, 0.3) is 0 Å². The van der Waals surface area contributed by atoms with E-state index in [2.05, 4.69) is 9.80 Å². The molecular formula is C22H27ClN2O4. The van der Waals surface area contributed by atoms with E-state index in [9.17, 15) is 9.90 Å². The van der Waals surface area contributed by atoms with Crippen molar-refractivity contribution in [1.82, 2.24) is 4.90 Å². The number of β-amino-alcohol motifs (C(OH)–C–C–N with tert-alkyl or cyclic N) is 1. The number of carbonyl (C=O) groups excluding carboxylic acids is 1. The number of para-hydroxylation sites is 1. The van der Waals surface area contributed by atoms with Gasteiger partial charge in [-0.2, -0.15) is 0 Å². The van der Waals surface area contributed by atoms with Crippen LogP contribution in [0.1, 0.15) is 17.3 Å². The number of aliphatic hydroxyl groups is 1. The Hall–Kier alpha value is -2.28. The number of hydrogen-bond donors (Lipinski definition) is 1. The molecule has 1 atom stereocenters. The standard InChI is InChI=1S/C22H27ClN2O4/c1-16(26)17-7-8-21(22(13-17)28-2)29-15-18(27)14-24-9-11-25(12-10-24)20-6-4-3-5-19(20)23/h3-8,13,18,27H,9-12,14-15H2,1-2H3/t18-/m0/s1. The molecule has 2 aromatic rings. The maximum atomic E-state index is 11.5. The van der Waals surface area contributed by atoms with Crippen molar-refractivity contribution < 1.29 is 19.4 Å². The van der Waals surface area contributed by atoms with E-state index in [4.69, 9.17) is 21.1 Å². The normalized spacial score (nSPS) is 15.8. The van der Waals surface area contributed by atoms with E-state index in [-0.39, 0.29) is 12.4 Å². The average Bonchev–Trinajstić information content (AvgIpc) is 2.73. The molecule has 0 aliphatic carbocycles. The van der Waals surface area contributed by atoms with Crippen LogP contribution in [0.3, 0.4) is 0 Å². The molecule has 1 saturated heterocycles. The van der Waals surface area contributed by atoms with Crippen LogP contribution in [-0.2, 0) is 0 Å². The molecule has 3 rings (SSSR count). The van der Waals surface area contributed by atoms with Gasteiger partial charge >= 0.3 is 0 Å². The van der Waals surface area contributed by atoms with Gasteiger partial charge in [-0.3, -0.25) is 9.69 Å². The molecule has 29 heavy (non-hydrogen) atoms. The Bertz CT molecular complexity index is 837. The van der Waals surface area contributed by atoms with Crippen LogP contribution < -0.4 is 14.4 Å². The second kappa shape index (κ2) is 9.96. The Labute approximate surface area is 176 Å². The van der Waals surface area contributed by atoms with E-state index >= 15 is 0 Å². The summed E-state index contributed by atoms with van der Waals surface area (Å²) < 4.78 is 11.0. The average molecular weight is 419 g/mol. The molecule has 0 amide bonds. The van der Waals surface area contributed by atoms with Gasteiger partial charge in [0.2, 0.25) is 0 Å². The van der Waals surface area contributed by atoms with E-state index < -0.39 is 6.10 Å². The second-order valence-corrected chi connectivity index (χ2v) is 7.53. The zero-order chi connectivity index (χ0) is 20.8. The maximum absolute atomic E-state index is 11.5. The molecule has 1 aliphatic heterocycles. The minimum Gasteiger partial charge on any atom is -0.493 e. The fourth-order valence-electron chi connectivity index (χ4n) is 3.42. The van der Waals surface area contributed by atoms with Crippen molar-refractivity contribution in [3.05, 3.63) is 53.1 Å². The number of aliphatic hydroxyl groups excluding tert-OH is 1. The number of ether oxygens (including phenoxy) is 2. The third-order valence-electron chi connectivity index (χ3n) is 5.04. The number of anilines is 1. The number of methoxy groups -OCH3 is 1. The summed E-state index contributed by atoms with van der Waals surface area (Å²) in [5, 5.41) is 11.2. The van der Waals surface area contributed by atoms with Gasteiger partial charge in [0.15, 0.2) is 17.3 Å². The van der Waals surface area contributed by atoms with Crippen LogP contribution in [0.15, 0.2) is 42.5 Å². The van der Waals surface area contributed by atoms with E-state index in [1.54, 1.807) is 18.2 Å². The fraction of sp³-hybridized carbons (Fsp3) is 0.409. The van der Waals surface area contributed by atoms with Crippen LogP contribution in [0.4, 0.5) is 5.69 Å². The molecule has 7 heteroatoms. The van der Waals surface area contributed by atoms with Crippen molar-refractivity contribution in [2.75, 3.05) is 51.3 Å². The third kappa shape index (κ3) is 5.63. The fourth-order valence-corrected chi connectivity index (χ4v) is 3.68. The van der Waals surface area contributed by atoms with E-state index in [0.717, 1.165) is 36.9 Å². The predicted molar refractivity (Wildman–Crippen MR) is 115 cm³/mol. The molecule has 1 heterocycles. The van der Waals surface area contributed by atoms with Gasteiger partial charge in [-0.25, -0.2) is 0 Å². The zero-order valence-electron chi connectivity index (χ0n) is 16.8. The first kappa shape index (κ1) is 21.4. The molecule has 6 nitrogen and oxygen atoms in total. The van der Waals surface area contributed by atoms with Gasteiger partial charge in [0.1, 0.15) is 12.7 Å². The molecule has 0 unspecified atom stereocenters. The smallest absolute Gasteiger partial charge is 0.161 e. The second-order valence-electron chi connectivity index (χ2n) is 7.13. The molecule has 0 aromatic heterocycles. The first-order chi connectivity index (χ1) is 14.0. The molecular weight excluding hydrogens is 392 g/mol. The summed E-state index contributed by atoms with van der Waals surface area (Å²) in [6, 6.07) is 12.9. The summed E-state index contributed by atoms with van der Waals surface area (Å²) in [5.74, 6) is 0.962. The van der Waals surface area contributed by atoms with Crippen LogP contribution in [-0.4, -0.2) is 68.3 Å². The summed E-state index contributed by atoms with van der Waals surface area (Å²) in [6.45, 7) is 5.60. The molecule has 2 aromatic carbocycles. The highest BCUT2D eigenvalue weighted by atomic mass is 35.5. The minimum absolute atomic E-state index is 0.0363. The highest BCUT2D eigenvalue weighted by Crippen LogP contribution is 2.29. The molecule has 0 spiro atoms. The summed E-state index contributed by atoms with van der Waals surface area (Å²) in [6.07, 6.45) is -0.626. The molecule has 1 aliphatic rings. The lowest BCUT2D eigenvalue weighted by atomic mass is 10.1. The molecule has 156 valence electrons. The summed E-state index contributed by atoms with van der Waals surface area (Å²) in [5.41, 5.74) is 1.62. The predicted octanol–water partition coefficient (Wildman–Crippen LogP) is 3.11. The summed E-state index contributed by atoms with van der Waals surface area (Å²) >= 11 is 6.29. The van der Waals surface area contributed by atoms with Crippen LogP contribution in [0, 0.1) is 0 Å². The van der Waals surface area contributed by atoms with Crippen molar-refractivity contribution in [2.45, 2.75) is 13.0 Å². The van der Waals surface area contributed by atoms with Crippen molar-refractivity contribution in [3.63, 3.8) is 0 Å². The Morgan fingerprint density at radius 1 is 1.14 bits per heavy atom. The Morgan fingerprint density at radius 2 is 1.86 bits per heavy atom. The van der Waals surface area contributed by atoms with Crippen molar-refractivity contribution >= 4 is 23.1 Å². The molecule has 0 bridgehead atoms. The first-order valence-corrected chi connectivity index (χ1v) is 10.1. The van der Waals surface area contributed by atoms with Crippen LogP contribution in [0.25, 0.3) is 0 Å². The van der Waals surface area contributed by atoms with Crippen LogP contribution in [0.5, 0.6) is 11.5 Å². The van der Waals surface area contributed by atoms with E-state index in [1.165, 1.54) is 14.0 Å². The van der Waals surface area contributed by atoms with Crippen LogP contribution in [0.2, 0.25) is 5.02 Å². The Balaban J connectivity index is 1.48. The zero-order valence-corrected chi connectivity index (χ0v) is 17.6. The monoisotopic (exact) mass is 418 g/mol. The summed E-state index contributed by atoms with van der Waals surface area (Å²) in [7, 11) is 1.53. The Kier molecular flexibility index (Phi) is 7.36. The van der Waals surface area contributed by atoms with Crippen molar-refractivity contribution in [2.24, 2.45) is 0 Å².